The number of aromatic nitrogens is 1. The summed E-state index contributed by atoms with van der Waals surface area (Å²) in [6.07, 6.45) is 8.28. The molecule has 5 rings (SSSR count). The standard InChI is InChI=1S/C36H46ClN3O3/c1-7-8-27-22-28(23-33(41-5)34(27)42-6)32-21-25(15-18-38-32)24-40(30-13-11-29(37)12-14-30)31-16-19-39(20-17-31)35(26-9-10-26)43-36(2,3)4/h11-15,18,21-23,31H,7-10,16-17,19-20,24H2,1-6H3. The number of hydrogen-bond donors (Lipinski definition) is 0. The highest BCUT2D eigenvalue weighted by atomic mass is 35.5. The van der Waals surface area contributed by atoms with Crippen molar-refractivity contribution in [3.63, 3.8) is 0 Å². The van der Waals surface area contributed by atoms with Crippen LogP contribution in [0.3, 0.4) is 0 Å². The number of pyridine rings is 1. The fraction of sp³-hybridized carbons (Fsp3) is 0.472. The molecule has 0 radical (unpaired) electrons. The number of hydrogen-bond acceptors (Lipinski definition) is 6. The first kappa shape index (κ1) is 31.1. The van der Waals surface area contributed by atoms with E-state index in [1.807, 2.05) is 24.4 Å². The molecule has 1 saturated heterocycles. The van der Waals surface area contributed by atoms with Gasteiger partial charge in [0, 0.05) is 48.1 Å². The summed E-state index contributed by atoms with van der Waals surface area (Å²) in [6, 6.07) is 17.2. The molecule has 2 fully saturated rings. The fourth-order valence-electron chi connectivity index (χ4n) is 5.94. The largest absolute Gasteiger partial charge is 0.493 e. The number of aryl methyl sites for hydroxylation is 1. The van der Waals surface area contributed by atoms with Gasteiger partial charge in [0.2, 0.25) is 0 Å². The Morgan fingerprint density at radius 2 is 1.72 bits per heavy atom. The summed E-state index contributed by atoms with van der Waals surface area (Å²) in [6.45, 7) is 11.3. The Kier molecular flexibility index (Phi) is 9.75. The van der Waals surface area contributed by atoms with E-state index in [1.54, 1.807) is 14.2 Å². The van der Waals surface area contributed by atoms with Crippen molar-refractivity contribution in [1.29, 1.82) is 0 Å². The SMILES string of the molecule is CCCc1cc(-c2cc(CN(c3ccc(Cl)cc3)C3CCN(C(OC(C)(C)C)=C4CC4)CC3)ccn2)cc(OC)c1OC. The monoisotopic (exact) mass is 603 g/mol. The normalized spacial score (nSPS) is 15.3. The van der Waals surface area contributed by atoms with Crippen LogP contribution in [0.25, 0.3) is 11.3 Å². The van der Waals surface area contributed by atoms with Crippen molar-refractivity contribution in [1.82, 2.24) is 9.88 Å². The highest BCUT2D eigenvalue weighted by Gasteiger charge is 2.32. The Balaban J connectivity index is 1.39. The van der Waals surface area contributed by atoms with Crippen LogP contribution in [-0.2, 0) is 17.7 Å². The first-order valence-corrected chi connectivity index (χ1v) is 15.9. The minimum absolute atomic E-state index is 0.193. The fourth-order valence-corrected chi connectivity index (χ4v) is 6.07. The molecule has 1 aliphatic carbocycles. The van der Waals surface area contributed by atoms with Crippen molar-refractivity contribution in [2.24, 2.45) is 0 Å². The van der Waals surface area contributed by atoms with Gasteiger partial charge in [-0.3, -0.25) is 4.98 Å². The van der Waals surface area contributed by atoms with E-state index < -0.39 is 0 Å². The Bertz CT molecular complexity index is 1420. The number of ether oxygens (including phenoxy) is 3. The molecule has 2 aliphatic rings. The zero-order valence-electron chi connectivity index (χ0n) is 26.6. The summed E-state index contributed by atoms with van der Waals surface area (Å²) in [5, 5.41) is 0.751. The molecule has 0 N–H and O–H groups in total. The van der Waals surface area contributed by atoms with E-state index in [9.17, 15) is 0 Å². The van der Waals surface area contributed by atoms with Crippen molar-refractivity contribution in [3.05, 3.63) is 82.3 Å². The van der Waals surface area contributed by atoms with Crippen molar-refractivity contribution in [2.45, 2.75) is 84.4 Å². The lowest BCUT2D eigenvalue weighted by Gasteiger charge is -2.42. The van der Waals surface area contributed by atoms with Gasteiger partial charge < -0.3 is 24.0 Å². The molecule has 1 aliphatic heterocycles. The maximum Gasteiger partial charge on any atom is 0.188 e. The minimum Gasteiger partial charge on any atom is -0.493 e. The van der Waals surface area contributed by atoms with Crippen LogP contribution in [-0.4, -0.2) is 48.8 Å². The number of nitrogens with zero attached hydrogens (tertiary/aromatic N) is 3. The van der Waals surface area contributed by atoms with Crippen molar-refractivity contribution in [3.8, 4) is 22.8 Å². The van der Waals surface area contributed by atoms with Gasteiger partial charge in [-0.2, -0.15) is 0 Å². The molecule has 0 spiro atoms. The van der Waals surface area contributed by atoms with Crippen LogP contribution in [0.4, 0.5) is 5.69 Å². The molecule has 7 heteroatoms. The Morgan fingerprint density at radius 3 is 2.33 bits per heavy atom. The highest BCUT2D eigenvalue weighted by molar-refractivity contribution is 6.30. The van der Waals surface area contributed by atoms with Gasteiger partial charge in [0.25, 0.3) is 0 Å². The number of anilines is 1. The van der Waals surface area contributed by atoms with Crippen LogP contribution in [0.1, 0.15) is 70.9 Å². The molecule has 2 aromatic carbocycles. The number of halogens is 1. The second-order valence-corrected chi connectivity index (χ2v) is 13.1. The topological polar surface area (TPSA) is 47.1 Å². The van der Waals surface area contributed by atoms with E-state index in [2.05, 4.69) is 67.8 Å². The predicted octanol–water partition coefficient (Wildman–Crippen LogP) is 8.66. The summed E-state index contributed by atoms with van der Waals surface area (Å²) in [4.78, 5) is 9.78. The maximum absolute atomic E-state index is 6.45. The van der Waals surface area contributed by atoms with Gasteiger partial charge in [-0.25, -0.2) is 0 Å². The Morgan fingerprint density at radius 1 is 1.00 bits per heavy atom. The van der Waals surface area contributed by atoms with Gasteiger partial charge in [0.05, 0.1) is 19.9 Å². The molecular formula is C36H46ClN3O3. The van der Waals surface area contributed by atoms with Crippen LogP contribution in [0.2, 0.25) is 5.02 Å². The third kappa shape index (κ3) is 7.77. The predicted molar refractivity (Wildman–Crippen MR) is 176 cm³/mol. The van der Waals surface area contributed by atoms with Crippen molar-refractivity contribution < 1.29 is 14.2 Å². The molecule has 6 nitrogen and oxygen atoms in total. The van der Waals surface area contributed by atoms with E-state index in [0.717, 1.165) is 97.4 Å². The van der Waals surface area contributed by atoms with Crippen LogP contribution in [0.15, 0.2) is 66.2 Å². The second-order valence-electron chi connectivity index (χ2n) is 12.6. The summed E-state index contributed by atoms with van der Waals surface area (Å²) >= 11 is 6.30. The molecule has 1 aromatic heterocycles. The summed E-state index contributed by atoms with van der Waals surface area (Å²) < 4.78 is 17.9. The smallest absolute Gasteiger partial charge is 0.188 e. The number of methoxy groups -OCH3 is 2. The van der Waals surface area contributed by atoms with E-state index in [4.69, 9.17) is 30.8 Å². The van der Waals surface area contributed by atoms with Crippen LogP contribution >= 0.6 is 11.6 Å². The Labute approximate surface area is 262 Å². The lowest BCUT2D eigenvalue weighted by molar-refractivity contribution is -0.00541. The molecule has 0 bridgehead atoms. The number of likely N-dealkylation sites (tertiary alicyclic amines) is 1. The van der Waals surface area contributed by atoms with Crippen molar-refractivity contribution >= 4 is 17.3 Å². The number of benzene rings is 2. The van der Waals surface area contributed by atoms with Crippen LogP contribution < -0.4 is 14.4 Å². The molecule has 0 unspecified atom stereocenters. The maximum atomic E-state index is 6.45. The third-order valence-corrected chi connectivity index (χ3v) is 8.36. The average Bonchev–Trinajstić information content (AvgIpc) is 3.84. The lowest BCUT2D eigenvalue weighted by Crippen LogP contribution is -2.45. The molecular weight excluding hydrogens is 558 g/mol. The zero-order valence-corrected chi connectivity index (χ0v) is 27.3. The van der Waals surface area contributed by atoms with Gasteiger partial charge in [0.1, 0.15) is 5.60 Å². The molecule has 230 valence electrons. The van der Waals surface area contributed by atoms with Gasteiger partial charge >= 0.3 is 0 Å². The molecule has 2 heterocycles. The minimum atomic E-state index is -0.193. The molecule has 3 aromatic rings. The van der Waals surface area contributed by atoms with Gasteiger partial charge in [-0.1, -0.05) is 24.9 Å². The Hall–Kier alpha value is -3.38. The summed E-state index contributed by atoms with van der Waals surface area (Å²) in [5.41, 5.74) is 6.77. The van der Waals surface area contributed by atoms with Gasteiger partial charge in [-0.05, 0) is 118 Å². The molecule has 43 heavy (non-hydrogen) atoms. The second kappa shape index (κ2) is 13.5. The summed E-state index contributed by atoms with van der Waals surface area (Å²) in [5.74, 6) is 2.67. The third-order valence-electron chi connectivity index (χ3n) is 8.10. The number of allylic oxidation sites excluding steroid dienone is 1. The average molecular weight is 604 g/mol. The van der Waals surface area contributed by atoms with Gasteiger partial charge in [0.15, 0.2) is 17.4 Å². The molecule has 0 atom stereocenters. The lowest BCUT2D eigenvalue weighted by atomic mass is 9.99. The van der Waals surface area contributed by atoms with Crippen LogP contribution in [0.5, 0.6) is 11.5 Å². The first-order valence-electron chi connectivity index (χ1n) is 15.6. The number of piperidine rings is 1. The van der Waals surface area contributed by atoms with E-state index in [0.29, 0.717) is 6.04 Å². The zero-order chi connectivity index (χ0) is 30.6. The summed E-state index contributed by atoms with van der Waals surface area (Å²) in [7, 11) is 3.39. The molecule has 0 amide bonds. The van der Waals surface area contributed by atoms with Crippen molar-refractivity contribution in [2.75, 3.05) is 32.2 Å². The van der Waals surface area contributed by atoms with E-state index >= 15 is 0 Å². The van der Waals surface area contributed by atoms with Crippen LogP contribution in [0, 0.1) is 0 Å². The number of rotatable bonds is 11. The van der Waals surface area contributed by atoms with E-state index in [1.165, 1.54) is 16.8 Å². The van der Waals surface area contributed by atoms with Gasteiger partial charge in [-0.15, -0.1) is 0 Å². The van der Waals surface area contributed by atoms with E-state index in [-0.39, 0.29) is 5.60 Å². The quantitative estimate of drug-likeness (QED) is 0.204. The first-order chi connectivity index (χ1) is 20.7. The molecule has 1 saturated carbocycles. The highest BCUT2D eigenvalue weighted by Crippen LogP contribution is 2.39.